The van der Waals surface area contributed by atoms with Gasteiger partial charge in [0, 0.05) is 0 Å². The van der Waals surface area contributed by atoms with Crippen LogP contribution in [-0.2, 0) is 0 Å². The van der Waals surface area contributed by atoms with Crippen LogP contribution in [0, 0.1) is 27.7 Å². The van der Waals surface area contributed by atoms with Crippen molar-refractivity contribution in [2.75, 3.05) is 11.1 Å². The van der Waals surface area contributed by atoms with Crippen molar-refractivity contribution in [2.24, 2.45) is 0 Å². The van der Waals surface area contributed by atoms with Crippen LogP contribution in [0.3, 0.4) is 0 Å². The number of nitrogens with zero attached hydrogens (tertiary/aromatic N) is 3. The highest BCUT2D eigenvalue weighted by molar-refractivity contribution is 5.76. The minimum Gasteiger partial charge on any atom is -0.457 e. The third-order valence-electron chi connectivity index (χ3n) is 3.70. The largest absolute Gasteiger partial charge is 0.457 e. The van der Waals surface area contributed by atoms with Crippen LogP contribution in [-0.4, -0.2) is 15.0 Å². The van der Waals surface area contributed by atoms with Crippen molar-refractivity contribution in [2.45, 2.75) is 27.7 Å². The molecule has 0 aliphatic carbocycles. The van der Waals surface area contributed by atoms with Crippen molar-refractivity contribution in [1.29, 1.82) is 0 Å². The number of aromatic nitrogens is 3. The molecule has 1 aliphatic rings. The normalized spacial score (nSPS) is 12.4. The first-order valence-corrected chi connectivity index (χ1v) is 6.84. The first-order valence-electron chi connectivity index (χ1n) is 6.84. The van der Waals surface area contributed by atoms with Crippen LogP contribution in [0.15, 0.2) is 12.5 Å². The molecule has 0 unspecified atom stereocenters. The lowest BCUT2D eigenvalue weighted by molar-refractivity contribution is 0.360. The number of fused-ring (bicyclic) bond motifs is 1. The Morgan fingerprint density at radius 3 is 2.23 bits per heavy atom. The number of nitrogen functional groups attached to an aromatic ring is 1. The van der Waals surface area contributed by atoms with Crippen molar-refractivity contribution < 1.29 is 9.47 Å². The predicted octanol–water partition coefficient (Wildman–Crippen LogP) is 2.67. The van der Waals surface area contributed by atoms with E-state index < -0.39 is 0 Å². The molecule has 1 aromatic heterocycles. The molecule has 3 rings (SSSR count). The zero-order valence-electron chi connectivity index (χ0n) is 12.9. The zero-order valence-corrected chi connectivity index (χ0v) is 12.9. The van der Waals surface area contributed by atoms with E-state index in [4.69, 9.17) is 15.2 Å². The Bertz CT molecular complexity index is 766. The second-order valence-corrected chi connectivity index (χ2v) is 5.11. The number of aryl methyl sites for hydroxylation is 1. The maximum atomic E-state index is 5.67. The average Bonchev–Trinajstić information content (AvgIpc) is 2.48. The van der Waals surface area contributed by atoms with E-state index in [0.29, 0.717) is 23.3 Å². The highest BCUT2D eigenvalue weighted by Crippen LogP contribution is 2.45. The summed E-state index contributed by atoms with van der Waals surface area (Å²) in [5.74, 6) is 2.38. The number of rotatable bonds is 2. The van der Waals surface area contributed by atoms with Gasteiger partial charge in [-0.3, -0.25) is 0 Å². The number of nitrogens with one attached hydrogen (secondary N) is 1. The first kappa shape index (κ1) is 14.1. The van der Waals surface area contributed by atoms with Crippen molar-refractivity contribution in [3.63, 3.8) is 0 Å². The monoisotopic (exact) mass is 299 g/mol. The van der Waals surface area contributed by atoms with E-state index in [1.807, 2.05) is 20.8 Å². The lowest BCUT2D eigenvalue weighted by Crippen LogP contribution is -2.09. The van der Waals surface area contributed by atoms with Crippen molar-refractivity contribution in [1.82, 2.24) is 15.0 Å². The summed E-state index contributed by atoms with van der Waals surface area (Å²) < 4.78 is 11.2. The minimum absolute atomic E-state index is 0.169. The highest BCUT2D eigenvalue weighted by atomic mass is 16.5. The van der Waals surface area contributed by atoms with Crippen LogP contribution >= 0.6 is 0 Å². The average molecular weight is 299 g/mol. The van der Waals surface area contributed by atoms with Crippen LogP contribution in [0.4, 0.5) is 17.6 Å². The summed E-state index contributed by atoms with van der Waals surface area (Å²) in [7, 11) is 0. The molecule has 0 saturated heterocycles. The molecule has 7 heteroatoms. The molecule has 0 atom stereocenters. The van der Waals surface area contributed by atoms with Gasteiger partial charge in [-0.15, -0.1) is 0 Å². The summed E-state index contributed by atoms with van der Waals surface area (Å²) in [4.78, 5) is 12.3. The van der Waals surface area contributed by atoms with Crippen molar-refractivity contribution >= 4 is 17.6 Å². The Hall–Kier alpha value is -2.83. The topological polar surface area (TPSA) is 95.2 Å². The number of hydrogen-bond donors (Lipinski definition) is 2. The Balaban J connectivity index is 2.13. The fourth-order valence-electron chi connectivity index (χ4n) is 2.36. The van der Waals surface area contributed by atoms with Crippen LogP contribution in [0.1, 0.15) is 22.5 Å². The second-order valence-electron chi connectivity index (χ2n) is 5.11. The maximum absolute atomic E-state index is 5.67. The van der Waals surface area contributed by atoms with Gasteiger partial charge in [-0.2, -0.15) is 15.0 Å². The Kier molecular flexibility index (Phi) is 3.32. The van der Waals surface area contributed by atoms with Crippen molar-refractivity contribution in [3.8, 4) is 11.5 Å². The third kappa shape index (κ3) is 2.30. The van der Waals surface area contributed by atoms with Gasteiger partial charge in [0.25, 0.3) is 0 Å². The molecule has 0 amide bonds. The SMILES string of the molecule is Cc1nc(N)nc(Nc2c(C)c(C)c(C)c3c2OC=CO3)n1. The van der Waals surface area contributed by atoms with E-state index in [1.165, 1.54) is 12.5 Å². The fraction of sp³-hybridized carbons (Fsp3) is 0.267. The molecule has 22 heavy (non-hydrogen) atoms. The summed E-state index contributed by atoms with van der Waals surface area (Å²) in [5.41, 5.74) is 9.61. The van der Waals surface area contributed by atoms with Crippen LogP contribution in [0.25, 0.3) is 0 Å². The van der Waals surface area contributed by atoms with E-state index in [-0.39, 0.29) is 5.95 Å². The van der Waals surface area contributed by atoms with Gasteiger partial charge < -0.3 is 20.5 Å². The molecule has 3 N–H and O–H groups in total. The molecule has 2 aromatic rings. The smallest absolute Gasteiger partial charge is 0.232 e. The van der Waals surface area contributed by atoms with E-state index in [2.05, 4.69) is 20.3 Å². The van der Waals surface area contributed by atoms with E-state index in [0.717, 1.165) is 22.4 Å². The van der Waals surface area contributed by atoms with Crippen LogP contribution < -0.4 is 20.5 Å². The number of ether oxygens (including phenoxy) is 2. The van der Waals surface area contributed by atoms with Crippen LogP contribution in [0.5, 0.6) is 11.5 Å². The molecule has 114 valence electrons. The van der Waals surface area contributed by atoms with Gasteiger partial charge in [-0.05, 0) is 44.4 Å². The van der Waals surface area contributed by atoms with Crippen LogP contribution in [0.2, 0.25) is 0 Å². The maximum Gasteiger partial charge on any atom is 0.232 e. The third-order valence-corrected chi connectivity index (χ3v) is 3.70. The summed E-state index contributed by atoms with van der Waals surface area (Å²) in [6.45, 7) is 7.79. The Labute approximate surface area is 128 Å². The minimum atomic E-state index is 0.169. The van der Waals surface area contributed by atoms with Gasteiger partial charge in [0.15, 0.2) is 11.5 Å². The molecule has 2 heterocycles. The lowest BCUT2D eigenvalue weighted by atomic mass is 10.00. The van der Waals surface area contributed by atoms with E-state index in [1.54, 1.807) is 6.92 Å². The summed E-state index contributed by atoms with van der Waals surface area (Å²) >= 11 is 0. The molecule has 0 fully saturated rings. The van der Waals surface area contributed by atoms with Gasteiger partial charge in [0.2, 0.25) is 11.9 Å². The van der Waals surface area contributed by atoms with E-state index >= 15 is 0 Å². The molecular formula is C15H17N5O2. The number of anilines is 3. The summed E-state index contributed by atoms with van der Waals surface area (Å²) in [6.07, 6.45) is 3.01. The lowest BCUT2D eigenvalue weighted by Gasteiger charge is -2.22. The molecule has 1 aliphatic heterocycles. The number of nitrogens with two attached hydrogens (primary N) is 1. The molecule has 0 bridgehead atoms. The number of benzene rings is 1. The summed E-state index contributed by atoms with van der Waals surface area (Å²) in [5, 5.41) is 3.17. The Morgan fingerprint density at radius 1 is 0.864 bits per heavy atom. The molecule has 0 spiro atoms. The first-order chi connectivity index (χ1) is 10.5. The molecule has 7 nitrogen and oxygen atoms in total. The van der Waals surface area contributed by atoms with Gasteiger partial charge >= 0.3 is 0 Å². The van der Waals surface area contributed by atoms with Gasteiger partial charge in [0.1, 0.15) is 18.3 Å². The standard InChI is InChI=1S/C15H17N5O2/c1-7-8(2)11(13-12(9(7)3)21-5-6-22-13)19-15-18-10(4)17-14(16)20-15/h5-6H,1-4H3,(H3,16,17,18,19,20). The predicted molar refractivity (Wildman–Crippen MR) is 83.3 cm³/mol. The molecule has 0 radical (unpaired) electrons. The van der Waals surface area contributed by atoms with E-state index in [9.17, 15) is 0 Å². The highest BCUT2D eigenvalue weighted by Gasteiger charge is 2.22. The molecular weight excluding hydrogens is 282 g/mol. The number of hydrogen-bond acceptors (Lipinski definition) is 7. The van der Waals surface area contributed by atoms with Gasteiger partial charge in [-0.1, -0.05) is 0 Å². The van der Waals surface area contributed by atoms with Gasteiger partial charge in [-0.25, -0.2) is 0 Å². The second kappa shape index (κ2) is 5.18. The van der Waals surface area contributed by atoms with Gasteiger partial charge in [0.05, 0.1) is 5.69 Å². The molecule has 1 aromatic carbocycles. The fourth-order valence-corrected chi connectivity index (χ4v) is 2.36. The quantitative estimate of drug-likeness (QED) is 0.880. The zero-order chi connectivity index (χ0) is 15.9. The summed E-state index contributed by atoms with van der Waals surface area (Å²) in [6, 6.07) is 0. The Morgan fingerprint density at radius 2 is 1.55 bits per heavy atom. The van der Waals surface area contributed by atoms with Crippen molar-refractivity contribution in [3.05, 3.63) is 35.0 Å². The molecule has 0 saturated carbocycles.